The van der Waals surface area contributed by atoms with E-state index in [1.165, 1.54) is 26.2 Å². The van der Waals surface area contributed by atoms with Gasteiger partial charge in [0.25, 0.3) is 0 Å². The van der Waals surface area contributed by atoms with E-state index in [9.17, 15) is 9.90 Å². The minimum absolute atomic E-state index is 0.0734. The Hall–Kier alpha value is -2.02. The Morgan fingerprint density at radius 3 is 2.36 bits per heavy atom. The van der Waals surface area contributed by atoms with Gasteiger partial charge in [-0.3, -0.25) is 4.79 Å². The predicted molar refractivity (Wildman–Crippen MR) is 100 cm³/mol. The summed E-state index contributed by atoms with van der Waals surface area (Å²) in [6, 6.07) is 5.62. The molecular weight excluding hydrogens is 314 g/mol. The summed E-state index contributed by atoms with van der Waals surface area (Å²) in [5, 5.41) is 18.8. The van der Waals surface area contributed by atoms with Crippen molar-refractivity contribution in [2.24, 2.45) is 0 Å². The van der Waals surface area contributed by atoms with Gasteiger partial charge >= 0.3 is 0 Å². The smallest absolute Gasteiger partial charge is 0.163 e. The molecule has 1 N–H and O–H groups in total. The Kier molecular flexibility index (Phi) is 10.4. The molecule has 138 valence electrons. The molecule has 0 saturated heterocycles. The highest BCUT2D eigenvalue weighted by Crippen LogP contribution is 2.33. The highest BCUT2D eigenvalue weighted by Gasteiger charge is 2.15. The topological polar surface area (TPSA) is 70.3 Å². The van der Waals surface area contributed by atoms with E-state index in [0.717, 1.165) is 37.7 Å². The predicted octanol–water partition coefficient (Wildman–Crippen LogP) is 5.57. The summed E-state index contributed by atoms with van der Waals surface area (Å²) in [4.78, 5) is 11.6. The summed E-state index contributed by atoms with van der Waals surface area (Å²) < 4.78 is 5.86. The largest absolute Gasteiger partial charge is 0.507 e. The third kappa shape index (κ3) is 7.60. The molecule has 0 bridgehead atoms. The Morgan fingerprint density at radius 2 is 1.76 bits per heavy atom. The number of phenolic OH excluding ortho intramolecular Hbond substituents is 1. The van der Waals surface area contributed by atoms with Crippen LogP contribution < -0.4 is 4.74 Å². The van der Waals surface area contributed by atoms with Gasteiger partial charge in [0.05, 0.1) is 18.2 Å². The van der Waals surface area contributed by atoms with Gasteiger partial charge in [-0.2, -0.15) is 5.26 Å². The van der Waals surface area contributed by atoms with Crippen LogP contribution in [0.3, 0.4) is 0 Å². The SMILES string of the molecule is CCCc1c(OCCCCCCCCCC#N)ccc(C(C)=O)c1O. The summed E-state index contributed by atoms with van der Waals surface area (Å²) in [7, 11) is 0. The molecule has 0 saturated carbocycles. The summed E-state index contributed by atoms with van der Waals surface area (Å²) in [6.45, 7) is 4.13. The van der Waals surface area contributed by atoms with Crippen LogP contribution in [0.5, 0.6) is 11.5 Å². The molecule has 0 fully saturated rings. The Bertz CT molecular complexity index is 575. The van der Waals surface area contributed by atoms with Crippen LogP contribution in [0.2, 0.25) is 0 Å². The first-order valence-electron chi connectivity index (χ1n) is 9.47. The van der Waals surface area contributed by atoms with E-state index in [-0.39, 0.29) is 11.5 Å². The molecular formula is C21H31NO3. The third-order valence-electron chi connectivity index (χ3n) is 4.31. The quantitative estimate of drug-likeness (QED) is 0.375. The minimum atomic E-state index is -0.129. The van der Waals surface area contributed by atoms with Gasteiger partial charge in [0.2, 0.25) is 0 Å². The Balaban J connectivity index is 2.36. The van der Waals surface area contributed by atoms with Gasteiger partial charge < -0.3 is 9.84 Å². The molecule has 0 unspecified atom stereocenters. The van der Waals surface area contributed by atoms with Crippen LogP contribution in [0.15, 0.2) is 12.1 Å². The van der Waals surface area contributed by atoms with E-state index < -0.39 is 0 Å². The molecule has 0 aliphatic carbocycles. The standard InChI is InChI=1S/C21H31NO3/c1-3-12-19-20(14-13-18(17(2)23)21(19)24)25-16-11-9-7-5-4-6-8-10-15-22/h13-14,24H,3-12,16H2,1-2H3. The maximum Gasteiger partial charge on any atom is 0.163 e. The molecule has 0 aliphatic rings. The Labute approximate surface area is 151 Å². The van der Waals surface area contributed by atoms with Gasteiger partial charge in [-0.05, 0) is 38.3 Å². The fourth-order valence-corrected chi connectivity index (χ4v) is 2.90. The molecule has 4 nitrogen and oxygen atoms in total. The number of benzene rings is 1. The van der Waals surface area contributed by atoms with Crippen LogP contribution in [0.4, 0.5) is 0 Å². The number of ketones is 1. The van der Waals surface area contributed by atoms with Gasteiger partial charge in [0, 0.05) is 12.0 Å². The number of nitriles is 1. The van der Waals surface area contributed by atoms with Gasteiger partial charge in [0.1, 0.15) is 11.5 Å². The number of phenols is 1. The van der Waals surface area contributed by atoms with Crippen molar-refractivity contribution >= 4 is 5.78 Å². The number of carbonyl (C=O) groups excluding carboxylic acids is 1. The normalized spacial score (nSPS) is 10.4. The van der Waals surface area contributed by atoms with Crippen molar-refractivity contribution in [3.8, 4) is 17.6 Å². The molecule has 25 heavy (non-hydrogen) atoms. The zero-order chi connectivity index (χ0) is 18.5. The lowest BCUT2D eigenvalue weighted by atomic mass is 10.0. The molecule has 0 atom stereocenters. The van der Waals surface area contributed by atoms with Crippen LogP contribution in [-0.2, 0) is 6.42 Å². The molecule has 0 heterocycles. The number of Topliss-reactive ketones (excluding diaryl/α,β-unsaturated/α-hetero) is 1. The number of aromatic hydroxyl groups is 1. The van der Waals surface area contributed by atoms with Crippen molar-refractivity contribution in [2.75, 3.05) is 6.61 Å². The second kappa shape index (κ2) is 12.4. The number of unbranched alkanes of at least 4 members (excludes halogenated alkanes) is 7. The number of carbonyl (C=O) groups is 1. The summed E-state index contributed by atoms with van der Waals surface area (Å²) in [5.41, 5.74) is 1.11. The molecule has 0 aromatic heterocycles. The summed E-state index contributed by atoms with van der Waals surface area (Å²) in [6.07, 6.45) is 10.1. The minimum Gasteiger partial charge on any atom is -0.507 e. The van der Waals surface area contributed by atoms with E-state index in [1.54, 1.807) is 12.1 Å². The van der Waals surface area contributed by atoms with E-state index in [0.29, 0.717) is 30.8 Å². The number of ether oxygens (including phenoxy) is 1. The van der Waals surface area contributed by atoms with E-state index in [4.69, 9.17) is 10.00 Å². The maximum absolute atomic E-state index is 11.6. The van der Waals surface area contributed by atoms with Crippen molar-refractivity contribution in [2.45, 2.75) is 78.1 Å². The van der Waals surface area contributed by atoms with E-state index >= 15 is 0 Å². The lowest BCUT2D eigenvalue weighted by Gasteiger charge is -2.14. The van der Waals surface area contributed by atoms with Crippen molar-refractivity contribution < 1.29 is 14.6 Å². The third-order valence-corrected chi connectivity index (χ3v) is 4.31. The fraction of sp³-hybridized carbons (Fsp3) is 0.619. The van der Waals surface area contributed by atoms with Gasteiger partial charge in [-0.15, -0.1) is 0 Å². The summed E-state index contributed by atoms with van der Waals surface area (Å²) >= 11 is 0. The molecule has 1 aromatic rings. The van der Waals surface area contributed by atoms with E-state index in [2.05, 4.69) is 6.07 Å². The first-order valence-corrected chi connectivity index (χ1v) is 9.47. The average molecular weight is 345 g/mol. The van der Waals surface area contributed by atoms with Crippen LogP contribution in [0, 0.1) is 11.3 Å². The maximum atomic E-state index is 11.6. The van der Waals surface area contributed by atoms with Crippen LogP contribution >= 0.6 is 0 Å². The van der Waals surface area contributed by atoms with Crippen molar-refractivity contribution in [3.05, 3.63) is 23.3 Å². The fourth-order valence-electron chi connectivity index (χ4n) is 2.90. The van der Waals surface area contributed by atoms with Crippen molar-refractivity contribution in [3.63, 3.8) is 0 Å². The number of nitrogens with zero attached hydrogens (tertiary/aromatic N) is 1. The molecule has 4 heteroatoms. The van der Waals surface area contributed by atoms with Gasteiger partial charge in [-0.25, -0.2) is 0 Å². The van der Waals surface area contributed by atoms with Crippen LogP contribution in [-0.4, -0.2) is 17.5 Å². The highest BCUT2D eigenvalue weighted by atomic mass is 16.5. The van der Waals surface area contributed by atoms with Crippen molar-refractivity contribution in [1.29, 1.82) is 5.26 Å². The number of hydrogen-bond acceptors (Lipinski definition) is 4. The average Bonchev–Trinajstić information content (AvgIpc) is 2.59. The number of rotatable bonds is 13. The number of hydrogen-bond donors (Lipinski definition) is 1. The summed E-state index contributed by atoms with van der Waals surface area (Å²) in [5.74, 6) is 0.640. The zero-order valence-electron chi connectivity index (χ0n) is 15.6. The molecule has 0 radical (unpaired) electrons. The monoisotopic (exact) mass is 345 g/mol. The van der Waals surface area contributed by atoms with Gasteiger partial charge in [0.15, 0.2) is 5.78 Å². The van der Waals surface area contributed by atoms with Crippen LogP contribution in [0.1, 0.15) is 87.6 Å². The van der Waals surface area contributed by atoms with Gasteiger partial charge in [-0.1, -0.05) is 45.4 Å². The zero-order valence-corrected chi connectivity index (χ0v) is 15.6. The lowest BCUT2D eigenvalue weighted by molar-refractivity contribution is 0.101. The second-order valence-electron chi connectivity index (χ2n) is 6.48. The first-order chi connectivity index (χ1) is 12.1. The van der Waals surface area contributed by atoms with Crippen LogP contribution in [0.25, 0.3) is 0 Å². The molecule has 0 aliphatic heterocycles. The Morgan fingerprint density at radius 1 is 1.12 bits per heavy atom. The molecule has 0 amide bonds. The lowest BCUT2D eigenvalue weighted by Crippen LogP contribution is -2.03. The van der Waals surface area contributed by atoms with E-state index in [1.807, 2.05) is 6.92 Å². The molecule has 0 spiro atoms. The first kappa shape index (κ1) is 21.0. The second-order valence-corrected chi connectivity index (χ2v) is 6.48. The molecule has 1 aromatic carbocycles. The van der Waals surface area contributed by atoms with Crippen molar-refractivity contribution in [1.82, 2.24) is 0 Å². The molecule has 1 rings (SSSR count). The highest BCUT2D eigenvalue weighted by molar-refractivity contribution is 5.97.